The molecule has 2 aromatic rings. The number of rotatable bonds is 4. The van der Waals surface area contributed by atoms with Crippen molar-refractivity contribution in [1.29, 1.82) is 0 Å². The molecule has 2 aromatic carbocycles. The quantitative estimate of drug-likeness (QED) is 0.709. The van der Waals surface area contributed by atoms with Gasteiger partial charge in [0.25, 0.3) is 5.91 Å². The fourth-order valence-electron chi connectivity index (χ4n) is 3.51. The molecule has 1 aliphatic rings. The number of piperidine rings is 1. The second kappa shape index (κ2) is 9.28. The lowest BCUT2D eigenvalue weighted by Crippen LogP contribution is -2.36. The van der Waals surface area contributed by atoms with Crippen molar-refractivity contribution in [2.75, 3.05) is 42.7 Å². The van der Waals surface area contributed by atoms with Gasteiger partial charge in [-0.1, -0.05) is 6.07 Å². The van der Waals surface area contributed by atoms with E-state index in [1.807, 2.05) is 19.0 Å². The van der Waals surface area contributed by atoms with E-state index < -0.39 is 17.8 Å². The molecule has 0 unspecified atom stereocenters. The molecular weight excluding hydrogens is 409 g/mol. The maximum atomic E-state index is 13.0. The zero-order chi connectivity index (χ0) is 22.6. The number of alkyl halides is 3. The van der Waals surface area contributed by atoms with Gasteiger partial charge >= 0.3 is 12.2 Å². The highest BCUT2D eigenvalue weighted by atomic mass is 19.4. The SMILES string of the molecule is CN(C)c1ccc(NC(=O)Nc2cccc(C(F)(F)F)c2)cc1C(=O)N1CCCCC1. The molecule has 1 aliphatic heterocycles. The standard InChI is InChI=1S/C22H25F3N4O2/c1-28(2)19-10-9-17(14-18(19)20(30)29-11-4-3-5-12-29)27-21(31)26-16-8-6-7-15(13-16)22(23,24)25/h6-10,13-14H,3-5,11-12H2,1-2H3,(H2,26,27,31). The number of likely N-dealkylation sites (tertiary alicyclic amines) is 1. The average Bonchev–Trinajstić information content (AvgIpc) is 2.73. The number of amides is 3. The molecule has 166 valence electrons. The molecule has 3 amide bonds. The van der Waals surface area contributed by atoms with Crippen LogP contribution in [-0.2, 0) is 6.18 Å². The van der Waals surface area contributed by atoms with Crippen molar-refractivity contribution in [3.8, 4) is 0 Å². The molecular formula is C22H25F3N4O2. The molecule has 6 nitrogen and oxygen atoms in total. The lowest BCUT2D eigenvalue weighted by molar-refractivity contribution is -0.137. The highest BCUT2D eigenvalue weighted by Crippen LogP contribution is 2.31. The van der Waals surface area contributed by atoms with Gasteiger partial charge in [0, 0.05) is 44.2 Å². The first-order chi connectivity index (χ1) is 14.6. The van der Waals surface area contributed by atoms with Gasteiger partial charge in [0.2, 0.25) is 0 Å². The predicted octanol–water partition coefficient (Wildman–Crippen LogP) is 5.04. The first kappa shape index (κ1) is 22.5. The van der Waals surface area contributed by atoms with Crippen molar-refractivity contribution in [3.05, 3.63) is 53.6 Å². The summed E-state index contributed by atoms with van der Waals surface area (Å²) in [6.45, 7) is 1.39. The summed E-state index contributed by atoms with van der Waals surface area (Å²) in [5.41, 5.74) is 0.718. The first-order valence-electron chi connectivity index (χ1n) is 10.0. The summed E-state index contributed by atoms with van der Waals surface area (Å²) in [6, 6.07) is 8.66. The zero-order valence-corrected chi connectivity index (χ0v) is 17.4. The molecule has 2 N–H and O–H groups in total. The molecule has 0 aromatic heterocycles. The number of nitrogens with zero attached hydrogens (tertiary/aromatic N) is 2. The van der Waals surface area contributed by atoms with Crippen molar-refractivity contribution in [2.24, 2.45) is 0 Å². The van der Waals surface area contributed by atoms with Crippen molar-refractivity contribution in [3.63, 3.8) is 0 Å². The molecule has 9 heteroatoms. The third-order valence-electron chi connectivity index (χ3n) is 5.06. The van der Waals surface area contributed by atoms with E-state index in [0.717, 1.165) is 37.1 Å². The Morgan fingerprint density at radius 1 is 0.935 bits per heavy atom. The van der Waals surface area contributed by atoms with E-state index in [2.05, 4.69) is 10.6 Å². The zero-order valence-electron chi connectivity index (χ0n) is 17.4. The number of hydrogen-bond acceptors (Lipinski definition) is 3. The Hall–Kier alpha value is -3.23. The Morgan fingerprint density at radius 2 is 1.58 bits per heavy atom. The van der Waals surface area contributed by atoms with E-state index in [1.165, 1.54) is 12.1 Å². The fourth-order valence-corrected chi connectivity index (χ4v) is 3.51. The second-order valence-corrected chi connectivity index (χ2v) is 7.64. The normalized spacial score (nSPS) is 14.2. The van der Waals surface area contributed by atoms with E-state index >= 15 is 0 Å². The highest BCUT2D eigenvalue weighted by Gasteiger charge is 2.30. The van der Waals surface area contributed by atoms with Gasteiger partial charge in [-0.2, -0.15) is 13.2 Å². The van der Waals surface area contributed by atoms with Crippen LogP contribution >= 0.6 is 0 Å². The number of urea groups is 1. The summed E-state index contributed by atoms with van der Waals surface area (Å²) in [5.74, 6) is -0.106. The van der Waals surface area contributed by atoms with Crippen molar-refractivity contribution in [1.82, 2.24) is 4.90 Å². The summed E-state index contributed by atoms with van der Waals surface area (Å²) in [5, 5.41) is 4.99. The number of anilines is 3. The van der Waals surface area contributed by atoms with E-state index in [1.54, 1.807) is 23.1 Å². The number of halogens is 3. The van der Waals surface area contributed by atoms with E-state index in [0.29, 0.717) is 24.3 Å². The first-order valence-corrected chi connectivity index (χ1v) is 10.0. The molecule has 1 saturated heterocycles. The maximum Gasteiger partial charge on any atom is 0.416 e. The maximum absolute atomic E-state index is 13.0. The van der Waals surface area contributed by atoms with Crippen molar-refractivity contribution >= 4 is 29.0 Å². The van der Waals surface area contributed by atoms with Gasteiger partial charge in [-0.3, -0.25) is 4.79 Å². The number of benzene rings is 2. The minimum atomic E-state index is -4.50. The molecule has 31 heavy (non-hydrogen) atoms. The Bertz CT molecular complexity index is 954. The Morgan fingerprint density at radius 3 is 2.19 bits per heavy atom. The summed E-state index contributed by atoms with van der Waals surface area (Å²) >= 11 is 0. The van der Waals surface area contributed by atoms with Crippen LogP contribution in [0.2, 0.25) is 0 Å². The van der Waals surface area contributed by atoms with Crippen LogP contribution in [0, 0.1) is 0 Å². The van der Waals surface area contributed by atoms with Crippen LogP contribution in [-0.4, -0.2) is 44.0 Å². The van der Waals surface area contributed by atoms with Gasteiger partial charge in [0.1, 0.15) is 0 Å². The lowest BCUT2D eigenvalue weighted by atomic mass is 10.1. The van der Waals surface area contributed by atoms with Crippen molar-refractivity contribution < 1.29 is 22.8 Å². The summed E-state index contributed by atoms with van der Waals surface area (Å²) in [7, 11) is 3.66. The minimum absolute atomic E-state index is 0.0156. The number of carbonyl (C=O) groups excluding carboxylic acids is 2. The van der Waals surface area contributed by atoms with Gasteiger partial charge in [0.15, 0.2) is 0 Å². The molecule has 0 atom stereocenters. The van der Waals surface area contributed by atoms with Gasteiger partial charge < -0.3 is 20.4 Å². The van der Waals surface area contributed by atoms with Gasteiger partial charge in [-0.15, -0.1) is 0 Å². The van der Waals surface area contributed by atoms with Gasteiger partial charge in [0.05, 0.1) is 11.1 Å². The lowest BCUT2D eigenvalue weighted by Gasteiger charge is -2.28. The third-order valence-corrected chi connectivity index (χ3v) is 5.06. The van der Waals surface area contributed by atoms with Gasteiger partial charge in [-0.25, -0.2) is 4.79 Å². The van der Waals surface area contributed by atoms with Crippen LogP contribution in [0.1, 0.15) is 35.2 Å². The van der Waals surface area contributed by atoms with Crippen LogP contribution in [0.15, 0.2) is 42.5 Å². The molecule has 0 spiro atoms. The summed E-state index contributed by atoms with van der Waals surface area (Å²) < 4.78 is 38.6. The predicted molar refractivity (Wildman–Crippen MR) is 115 cm³/mol. The van der Waals surface area contributed by atoms with E-state index in [-0.39, 0.29) is 11.6 Å². The molecule has 1 fully saturated rings. The van der Waals surface area contributed by atoms with Crippen LogP contribution < -0.4 is 15.5 Å². The van der Waals surface area contributed by atoms with E-state index in [4.69, 9.17) is 0 Å². The molecule has 3 rings (SSSR count). The number of carbonyl (C=O) groups is 2. The molecule has 0 aliphatic carbocycles. The monoisotopic (exact) mass is 434 g/mol. The minimum Gasteiger partial charge on any atom is -0.377 e. The molecule has 0 bridgehead atoms. The molecule has 1 heterocycles. The number of hydrogen-bond donors (Lipinski definition) is 2. The third kappa shape index (κ3) is 5.68. The molecule has 0 radical (unpaired) electrons. The second-order valence-electron chi connectivity index (χ2n) is 7.64. The van der Waals surface area contributed by atoms with E-state index in [9.17, 15) is 22.8 Å². The fraction of sp³-hybridized carbons (Fsp3) is 0.364. The van der Waals surface area contributed by atoms with Crippen LogP contribution in [0.25, 0.3) is 0 Å². The highest BCUT2D eigenvalue weighted by molar-refractivity contribution is 6.04. The average molecular weight is 434 g/mol. The Balaban J connectivity index is 1.77. The topological polar surface area (TPSA) is 64.7 Å². The summed E-state index contributed by atoms with van der Waals surface area (Å²) in [6.07, 6.45) is -1.48. The van der Waals surface area contributed by atoms with Crippen LogP contribution in [0.4, 0.5) is 35.0 Å². The summed E-state index contributed by atoms with van der Waals surface area (Å²) in [4.78, 5) is 29.0. The van der Waals surface area contributed by atoms with Crippen LogP contribution in [0.3, 0.4) is 0 Å². The smallest absolute Gasteiger partial charge is 0.377 e. The Kier molecular flexibility index (Phi) is 6.72. The van der Waals surface area contributed by atoms with Crippen molar-refractivity contribution in [2.45, 2.75) is 25.4 Å². The van der Waals surface area contributed by atoms with Gasteiger partial charge in [-0.05, 0) is 55.7 Å². The number of nitrogens with one attached hydrogen (secondary N) is 2. The molecule has 0 saturated carbocycles. The van der Waals surface area contributed by atoms with Crippen LogP contribution in [0.5, 0.6) is 0 Å². The largest absolute Gasteiger partial charge is 0.416 e. The Labute approximate surface area is 179 Å².